The number of aromatic nitrogens is 2. The first-order valence-corrected chi connectivity index (χ1v) is 6.58. The smallest absolute Gasteiger partial charge is 0.109 e. The number of nitrogens with two attached hydrogens (primary N) is 1. The summed E-state index contributed by atoms with van der Waals surface area (Å²) in [6.07, 6.45) is 10.6. The van der Waals surface area contributed by atoms with Crippen LogP contribution in [0.15, 0.2) is 12.4 Å². The Hall–Kier alpha value is -0.830. The molecule has 3 N–H and O–H groups in total. The van der Waals surface area contributed by atoms with E-state index in [2.05, 4.69) is 9.97 Å². The molecule has 1 aromatic rings. The summed E-state index contributed by atoms with van der Waals surface area (Å²) in [5, 5.41) is 0. The molecule has 0 spiro atoms. The van der Waals surface area contributed by atoms with E-state index in [0.29, 0.717) is 5.92 Å². The third-order valence-corrected chi connectivity index (χ3v) is 4.71. The summed E-state index contributed by atoms with van der Waals surface area (Å²) < 4.78 is 0. The maximum absolute atomic E-state index is 5.70. The predicted octanol–water partition coefficient (Wildman–Crippen LogP) is 2.28. The van der Waals surface area contributed by atoms with Gasteiger partial charge in [-0.3, -0.25) is 0 Å². The molecule has 0 radical (unpaired) electrons. The quantitative estimate of drug-likeness (QED) is 0.819. The average molecular weight is 219 g/mol. The van der Waals surface area contributed by atoms with Crippen LogP contribution in [0.25, 0.3) is 0 Å². The molecule has 3 fully saturated rings. The molecule has 3 aliphatic rings. The number of fused-ring (bicyclic) bond motifs is 3. The molecule has 1 aromatic heterocycles. The van der Waals surface area contributed by atoms with Crippen molar-refractivity contribution in [3.8, 4) is 0 Å². The zero-order chi connectivity index (χ0) is 11.0. The number of aromatic amines is 1. The number of nitrogens with zero attached hydrogens (tertiary/aromatic N) is 1. The largest absolute Gasteiger partial charge is 0.348 e. The number of H-pyrrole nitrogens is 1. The summed E-state index contributed by atoms with van der Waals surface area (Å²) in [4.78, 5) is 7.75. The van der Waals surface area contributed by atoms with Gasteiger partial charge in [-0.15, -0.1) is 0 Å². The third kappa shape index (κ3) is 1.67. The fourth-order valence-corrected chi connectivity index (χ4v) is 3.94. The van der Waals surface area contributed by atoms with Gasteiger partial charge in [0, 0.05) is 18.3 Å². The van der Waals surface area contributed by atoms with Crippen molar-refractivity contribution >= 4 is 0 Å². The predicted molar refractivity (Wildman–Crippen MR) is 63.9 cm³/mol. The Kier molecular flexibility index (Phi) is 2.72. The van der Waals surface area contributed by atoms with Crippen LogP contribution in [0.2, 0.25) is 0 Å². The van der Waals surface area contributed by atoms with Crippen molar-refractivity contribution in [1.29, 1.82) is 0 Å². The molecule has 3 nitrogen and oxygen atoms in total. The van der Waals surface area contributed by atoms with Crippen molar-refractivity contribution in [3.05, 3.63) is 18.2 Å². The lowest BCUT2D eigenvalue weighted by Crippen LogP contribution is -2.37. The Bertz CT molecular complexity index is 333. The fraction of sp³-hybridized carbons (Fsp3) is 0.769. The molecule has 0 amide bonds. The summed E-state index contributed by atoms with van der Waals surface area (Å²) in [6.45, 7) is 0.860. The van der Waals surface area contributed by atoms with Crippen LogP contribution in [-0.2, 0) is 0 Å². The van der Waals surface area contributed by atoms with Gasteiger partial charge in [0.1, 0.15) is 5.82 Å². The lowest BCUT2D eigenvalue weighted by atomic mass is 9.59. The maximum atomic E-state index is 5.70. The highest BCUT2D eigenvalue weighted by atomic mass is 14.9. The highest BCUT2D eigenvalue weighted by Gasteiger charge is 2.42. The average Bonchev–Trinajstić information content (AvgIpc) is 2.84. The minimum atomic E-state index is 0.697. The van der Waals surface area contributed by atoms with Gasteiger partial charge in [0.25, 0.3) is 0 Å². The SMILES string of the molecule is NCCC1CC2CCC1CC2c1ncc[nH]1. The van der Waals surface area contributed by atoms with E-state index < -0.39 is 0 Å². The van der Waals surface area contributed by atoms with Gasteiger partial charge in [-0.25, -0.2) is 4.98 Å². The Morgan fingerprint density at radius 2 is 2.19 bits per heavy atom. The summed E-state index contributed by atoms with van der Waals surface area (Å²) in [5.41, 5.74) is 5.70. The maximum Gasteiger partial charge on any atom is 0.109 e. The van der Waals surface area contributed by atoms with E-state index in [-0.39, 0.29) is 0 Å². The van der Waals surface area contributed by atoms with Gasteiger partial charge in [0.05, 0.1) is 0 Å². The van der Waals surface area contributed by atoms with Crippen molar-refractivity contribution in [3.63, 3.8) is 0 Å². The summed E-state index contributed by atoms with van der Waals surface area (Å²) in [7, 11) is 0. The van der Waals surface area contributed by atoms with Gasteiger partial charge in [-0.1, -0.05) is 0 Å². The first-order chi connectivity index (χ1) is 7.88. The second kappa shape index (κ2) is 4.21. The van der Waals surface area contributed by atoms with E-state index in [4.69, 9.17) is 5.73 Å². The molecule has 2 bridgehead atoms. The van der Waals surface area contributed by atoms with Gasteiger partial charge < -0.3 is 10.7 Å². The van der Waals surface area contributed by atoms with Gasteiger partial charge >= 0.3 is 0 Å². The Morgan fingerprint density at radius 3 is 2.81 bits per heavy atom. The number of rotatable bonds is 3. The molecule has 3 saturated carbocycles. The zero-order valence-electron chi connectivity index (χ0n) is 9.73. The van der Waals surface area contributed by atoms with Crippen molar-refractivity contribution in [2.24, 2.45) is 23.5 Å². The molecule has 0 saturated heterocycles. The molecule has 16 heavy (non-hydrogen) atoms. The Labute approximate surface area is 96.8 Å². The molecule has 1 heterocycles. The molecule has 3 heteroatoms. The monoisotopic (exact) mass is 219 g/mol. The molecular weight excluding hydrogens is 198 g/mol. The number of hydrogen-bond acceptors (Lipinski definition) is 2. The lowest BCUT2D eigenvalue weighted by molar-refractivity contribution is 0.0690. The molecule has 4 unspecified atom stereocenters. The summed E-state index contributed by atoms with van der Waals surface area (Å²) in [6, 6.07) is 0. The van der Waals surface area contributed by atoms with Crippen LogP contribution in [0.5, 0.6) is 0 Å². The van der Waals surface area contributed by atoms with E-state index in [1.54, 1.807) is 0 Å². The molecule has 4 atom stereocenters. The number of imidazole rings is 1. The van der Waals surface area contributed by atoms with Crippen LogP contribution in [0.1, 0.15) is 43.8 Å². The van der Waals surface area contributed by atoms with Crippen LogP contribution in [-0.4, -0.2) is 16.5 Å². The molecule has 3 aliphatic carbocycles. The van der Waals surface area contributed by atoms with Crippen molar-refractivity contribution in [1.82, 2.24) is 9.97 Å². The Morgan fingerprint density at radius 1 is 1.31 bits per heavy atom. The van der Waals surface area contributed by atoms with E-state index >= 15 is 0 Å². The van der Waals surface area contributed by atoms with Crippen LogP contribution < -0.4 is 5.73 Å². The Balaban J connectivity index is 1.74. The normalized spacial score (nSPS) is 37.8. The number of hydrogen-bond donors (Lipinski definition) is 2. The van der Waals surface area contributed by atoms with E-state index in [9.17, 15) is 0 Å². The van der Waals surface area contributed by atoms with Crippen molar-refractivity contribution in [2.75, 3.05) is 6.54 Å². The van der Waals surface area contributed by atoms with Gasteiger partial charge in [0.2, 0.25) is 0 Å². The zero-order valence-corrected chi connectivity index (χ0v) is 9.73. The van der Waals surface area contributed by atoms with E-state index in [1.165, 1.54) is 37.9 Å². The molecule has 0 aromatic carbocycles. The second-order valence-electron chi connectivity index (χ2n) is 5.49. The van der Waals surface area contributed by atoms with Gasteiger partial charge in [0.15, 0.2) is 0 Å². The third-order valence-electron chi connectivity index (χ3n) is 4.71. The molecule has 4 rings (SSSR count). The minimum Gasteiger partial charge on any atom is -0.348 e. The highest BCUT2D eigenvalue weighted by Crippen LogP contribution is 2.52. The highest BCUT2D eigenvalue weighted by molar-refractivity contribution is 5.06. The van der Waals surface area contributed by atoms with Gasteiger partial charge in [-0.2, -0.15) is 0 Å². The number of nitrogens with one attached hydrogen (secondary N) is 1. The minimum absolute atomic E-state index is 0.697. The fourth-order valence-electron chi connectivity index (χ4n) is 3.94. The van der Waals surface area contributed by atoms with Crippen LogP contribution in [0, 0.1) is 17.8 Å². The molecular formula is C13H21N3. The second-order valence-corrected chi connectivity index (χ2v) is 5.49. The van der Waals surface area contributed by atoms with Crippen molar-refractivity contribution < 1.29 is 0 Å². The summed E-state index contributed by atoms with van der Waals surface area (Å²) in [5.74, 6) is 4.58. The summed E-state index contributed by atoms with van der Waals surface area (Å²) >= 11 is 0. The van der Waals surface area contributed by atoms with E-state index in [1.807, 2.05) is 12.4 Å². The van der Waals surface area contributed by atoms with Crippen LogP contribution in [0.3, 0.4) is 0 Å². The van der Waals surface area contributed by atoms with E-state index in [0.717, 1.165) is 24.3 Å². The lowest BCUT2D eigenvalue weighted by Gasteiger charge is -2.46. The first kappa shape index (κ1) is 10.3. The van der Waals surface area contributed by atoms with Gasteiger partial charge in [-0.05, 0) is 56.4 Å². The standard InChI is InChI=1S/C13H21N3/c14-4-3-10-7-11-2-1-9(10)8-12(11)13-15-5-6-16-13/h5-6,9-12H,1-4,7-8,14H2,(H,15,16). The molecule has 88 valence electrons. The first-order valence-electron chi connectivity index (χ1n) is 6.58. The molecule has 0 aliphatic heterocycles. The van der Waals surface area contributed by atoms with Crippen LogP contribution >= 0.6 is 0 Å². The topological polar surface area (TPSA) is 54.7 Å². The van der Waals surface area contributed by atoms with Crippen LogP contribution in [0.4, 0.5) is 0 Å². The van der Waals surface area contributed by atoms with Crippen molar-refractivity contribution in [2.45, 2.75) is 38.0 Å².